The van der Waals surface area contributed by atoms with E-state index in [1.165, 1.54) is 17.8 Å². The molecule has 6 rings (SSSR count). The molecule has 1 saturated carbocycles. The maximum atomic E-state index is 12.4. The third-order valence-corrected chi connectivity index (χ3v) is 8.95. The summed E-state index contributed by atoms with van der Waals surface area (Å²) in [4.78, 5) is 7.38. The average Bonchev–Trinajstić information content (AvgIpc) is 3.56. The smallest absolute Gasteiger partial charge is 0.422 e. The van der Waals surface area contributed by atoms with Gasteiger partial charge in [0.05, 0.1) is 5.69 Å². The first-order chi connectivity index (χ1) is 17.8. The Morgan fingerprint density at radius 2 is 1.86 bits per heavy atom. The van der Waals surface area contributed by atoms with Crippen molar-refractivity contribution in [2.45, 2.75) is 51.2 Å². The van der Waals surface area contributed by atoms with E-state index >= 15 is 0 Å². The maximum absolute atomic E-state index is 12.4. The predicted octanol–water partition coefficient (Wildman–Crippen LogP) is 5.48. The second-order valence-electron chi connectivity index (χ2n) is 10.5. The number of hydrogen-bond donors (Lipinski definition) is 1. The first-order valence-electron chi connectivity index (χ1n) is 13.0. The standard InChI is InChI=1S/C26H31F3N6OS/c1-16-11-23(37-33-16)34-13-18-4-5-19(14-34)22(18)12-30-25-31-24-21(3-2-10-35(24)32-25)17-6-8-20(9-7-17)36-15-26(27,28)29/h6-9,11,18-19,21-22H,2-5,10,12-15H2,1H3,(H,30,32)/t18-,19+,21?,22?. The molecule has 0 radical (unpaired) electrons. The number of aromatic nitrogens is 4. The van der Waals surface area contributed by atoms with E-state index < -0.39 is 12.8 Å². The van der Waals surface area contributed by atoms with Gasteiger partial charge in [0.1, 0.15) is 16.6 Å². The molecule has 2 unspecified atom stereocenters. The van der Waals surface area contributed by atoms with Crippen LogP contribution in [0.4, 0.5) is 24.1 Å². The SMILES string of the molecule is Cc1cc(N2C[C@H]3CC[C@@H](C2)C3CNc2nc3n(n2)CCCC3c2ccc(OCC(F)(F)F)cc2)sn1. The second kappa shape index (κ2) is 9.81. The van der Waals surface area contributed by atoms with Crippen LogP contribution in [0.5, 0.6) is 5.75 Å². The highest BCUT2D eigenvalue weighted by molar-refractivity contribution is 7.10. The summed E-state index contributed by atoms with van der Waals surface area (Å²) in [7, 11) is 0. The molecule has 3 aliphatic rings. The molecular weight excluding hydrogens is 501 g/mol. The average molecular weight is 533 g/mol. The number of nitrogens with one attached hydrogen (secondary N) is 1. The highest BCUT2D eigenvalue weighted by Gasteiger charge is 2.42. The molecule has 198 valence electrons. The number of halogens is 3. The first-order valence-corrected chi connectivity index (χ1v) is 13.8. The van der Waals surface area contributed by atoms with E-state index in [0.717, 1.165) is 56.1 Å². The molecular formula is C26H31F3N6OS. The fraction of sp³-hybridized carbons (Fsp3) is 0.577. The van der Waals surface area contributed by atoms with Crippen LogP contribution >= 0.6 is 11.5 Å². The van der Waals surface area contributed by atoms with Gasteiger partial charge >= 0.3 is 6.18 Å². The van der Waals surface area contributed by atoms with Crippen LogP contribution in [-0.2, 0) is 6.54 Å². The van der Waals surface area contributed by atoms with Gasteiger partial charge in [-0.05, 0) is 85.7 Å². The van der Waals surface area contributed by atoms with Crippen molar-refractivity contribution in [3.8, 4) is 5.75 Å². The molecule has 0 amide bonds. The predicted molar refractivity (Wildman–Crippen MR) is 136 cm³/mol. The molecule has 2 aromatic heterocycles. The maximum Gasteiger partial charge on any atom is 0.422 e. The Labute approximate surface area is 218 Å². The first kappa shape index (κ1) is 24.5. The van der Waals surface area contributed by atoms with Crippen molar-refractivity contribution in [3.63, 3.8) is 0 Å². The summed E-state index contributed by atoms with van der Waals surface area (Å²) in [5.41, 5.74) is 2.11. The third-order valence-electron chi connectivity index (χ3n) is 8.01. The molecule has 1 aliphatic carbocycles. The molecule has 2 bridgehead atoms. The van der Waals surface area contributed by atoms with Crippen LogP contribution in [0.15, 0.2) is 30.3 Å². The number of anilines is 2. The lowest BCUT2D eigenvalue weighted by molar-refractivity contribution is -0.153. The van der Waals surface area contributed by atoms with Crippen LogP contribution in [-0.4, -0.2) is 51.6 Å². The molecule has 4 atom stereocenters. The number of fused-ring (bicyclic) bond motifs is 3. The van der Waals surface area contributed by atoms with Crippen LogP contribution in [0, 0.1) is 24.7 Å². The normalized spacial score (nSPS) is 25.2. The summed E-state index contributed by atoms with van der Waals surface area (Å²) >= 11 is 1.60. The molecule has 4 heterocycles. The quantitative estimate of drug-likeness (QED) is 0.435. The van der Waals surface area contributed by atoms with Gasteiger partial charge in [0, 0.05) is 32.1 Å². The summed E-state index contributed by atoms with van der Waals surface area (Å²) in [6, 6.07) is 9.08. The lowest BCUT2D eigenvalue weighted by Crippen LogP contribution is -2.44. The van der Waals surface area contributed by atoms with Crippen LogP contribution in [0.1, 0.15) is 48.7 Å². The summed E-state index contributed by atoms with van der Waals surface area (Å²) in [5, 5.41) is 9.58. The van der Waals surface area contributed by atoms with Crippen molar-refractivity contribution >= 4 is 22.5 Å². The molecule has 1 N–H and O–H groups in total. The molecule has 1 aromatic carbocycles. The number of alkyl halides is 3. The number of aryl methyl sites for hydroxylation is 2. The second-order valence-corrected chi connectivity index (χ2v) is 11.3. The summed E-state index contributed by atoms with van der Waals surface area (Å²) < 4.78 is 48.6. The van der Waals surface area contributed by atoms with Gasteiger partial charge in [0.2, 0.25) is 5.95 Å². The number of rotatable bonds is 7. The number of nitrogens with zero attached hydrogens (tertiary/aromatic N) is 5. The van der Waals surface area contributed by atoms with Crippen molar-refractivity contribution in [3.05, 3.63) is 47.4 Å². The lowest BCUT2D eigenvalue weighted by atomic mass is 9.85. The Hall–Kier alpha value is -2.82. The van der Waals surface area contributed by atoms with Gasteiger partial charge in [0.25, 0.3) is 0 Å². The van der Waals surface area contributed by atoms with Gasteiger partial charge in [-0.3, -0.25) is 0 Å². The third kappa shape index (κ3) is 5.28. The molecule has 3 aromatic rings. The van der Waals surface area contributed by atoms with Gasteiger partial charge in [-0.25, -0.2) is 4.68 Å². The number of piperidine rings is 1. The van der Waals surface area contributed by atoms with E-state index in [1.807, 2.05) is 16.8 Å². The highest BCUT2D eigenvalue weighted by Crippen LogP contribution is 2.44. The monoisotopic (exact) mass is 532 g/mol. The highest BCUT2D eigenvalue weighted by atomic mass is 32.1. The van der Waals surface area contributed by atoms with Crippen LogP contribution in [0.2, 0.25) is 0 Å². The van der Waals surface area contributed by atoms with Gasteiger partial charge < -0.3 is 15.0 Å². The van der Waals surface area contributed by atoms with Crippen molar-refractivity contribution in [1.29, 1.82) is 0 Å². The number of benzene rings is 1. The fourth-order valence-corrected chi connectivity index (χ4v) is 7.04. The van der Waals surface area contributed by atoms with E-state index in [9.17, 15) is 13.2 Å². The largest absolute Gasteiger partial charge is 0.484 e. The Morgan fingerprint density at radius 3 is 2.54 bits per heavy atom. The van der Waals surface area contributed by atoms with E-state index in [-0.39, 0.29) is 11.7 Å². The van der Waals surface area contributed by atoms with E-state index in [4.69, 9.17) is 14.8 Å². The van der Waals surface area contributed by atoms with Crippen molar-refractivity contribution in [2.75, 3.05) is 36.5 Å². The van der Waals surface area contributed by atoms with Crippen molar-refractivity contribution in [2.24, 2.45) is 17.8 Å². The lowest BCUT2D eigenvalue weighted by Gasteiger charge is -2.38. The molecule has 1 saturated heterocycles. The minimum atomic E-state index is -4.35. The Bertz CT molecular complexity index is 1210. The van der Waals surface area contributed by atoms with E-state index in [1.54, 1.807) is 23.7 Å². The van der Waals surface area contributed by atoms with Gasteiger partial charge in [-0.1, -0.05) is 12.1 Å². The minimum absolute atomic E-state index is 0.0655. The van der Waals surface area contributed by atoms with Crippen molar-refractivity contribution in [1.82, 2.24) is 19.1 Å². The van der Waals surface area contributed by atoms with E-state index in [0.29, 0.717) is 23.7 Å². The Morgan fingerprint density at radius 1 is 1.11 bits per heavy atom. The Balaban J connectivity index is 1.09. The molecule has 37 heavy (non-hydrogen) atoms. The van der Waals surface area contributed by atoms with Crippen LogP contribution in [0.3, 0.4) is 0 Å². The van der Waals surface area contributed by atoms with Gasteiger partial charge in [-0.2, -0.15) is 22.5 Å². The topological polar surface area (TPSA) is 68.1 Å². The molecule has 0 spiro atoms. The Kier molecular flexibility index (Phi) is 6.50. The zero-order valence-electron chi connectivity index (χ0n) is 20.7. The van der Waals surface area contributed by atoms with E-state index in [2.05, 4.69) is 27.6 Å². The van der Waals surface area contributed by atoms with Crippen LogP contribution < -0.4 is 15.0 Å². The fourth-order valence-electron chi connectivity index (χ4n) is 6.26. The molecule has 11 heteroatoms. The molecule has 2 fully saturated rings. The summed E-state index contributed by atoms with van der Waals surface area (Å²) in [6.45, 7) is 4.64. The molecule has 2 aliphatic heterocycles. The summed E-state index contributed by atoms with van der Waals surface area (Å²) in [6.07, 6.45) is 0.0957. The number of ether oxygens (including phenoxy) is 1. The van der Waals surface area contributed by atoms with Gasteiger partial charge in [-0.15, -0.1) is 5.10 Å². The number of hydrogen-bond acceptors (Lipinski definition) is 7. The van der Waals surface area contributed by atoms with Crippen LogP contribution in [0.25, 0.3) is 0 Å². The summed E-state index contributed by atoms with van der Waals surface area (Å²) in [5.74, 6) is 3.81. The zero-order valence-corrected chi connectivity index (χ0v) is 21.6. The zero-order chi connectivity index (χ0) is 25.6. The molecule has 7 nitrogen and oxygen atoms in total. The van der Waals surface area contributed by atoms with Gasteiger partial charge in [0.15, 0.2) is 6.61 Å². The minimum Gasteiger partial charge on any atom is -0.484 e. The van der Waals surface area contributed by atoms with Crippen molar-refractivity contribution < 1.29 is 17.9 Å².